The molecule has 62 valence electrons. The molecule has 0 aliphatic heterocycles. The third kappa shape index (κ3) is 5.40. The number of nitrogens with zero attached hydrogens (tertiary/aromatic N) is 1. The average molecular weight is 152 g/mol. The number of rotatable bonds is 5. The van der Waals surface area contributed by atoms with E-state index in [4.69, 9.17) is 5.41 Å². The summed E-state index contributed by atoms with van der Waals surface area (Å²) in [4.78, 5) is 2.19. The van der Waals surface area contributed by atoms with Crippen LogP contribution in [0.5, 0.6) is 0 Å². The first-order chi connectivity index (χ1) is 5.35. The molecule has 0 saturated heterocycles. The Hall–Kier alpha value is -1.05. The van der Waals surface area contributed by atoms with Crippen LogP contribution in [0.4, 0.5) is 0 Å². The molecule has 2 heteroatoms. The summed E-state index contributed by atoms with van der Waals surface area (Å²) in [5, 5.41) is 6.72. The van der Waals surface area contributed by atoms with Gasteiger partial charge in [0.15, 0.2) is 0 Å². The lowest BCUT2D eigenvalue weighted by atomic mass is 10.4. The van der Waals surface area contributed by atoms with Crippen LogP contribution >= 0.6 is 0 Å². The maximum Gasteiger partial charge on any atom is 0.0177 e. The summed E-state index contributed by atoms with van der Waals surface area (Å²) in [5.74, 6) is 0. The van der Waals surface area contributed by atoms with Gasteiger partial charge in [-0.05, 0) is 32.2 Å². The van der Waals surface area contributed by atoms with Gasteiger partial charge in [0.1, 0.15) is 0 Å². The van der Waals surface area contributed by atoms with E-state index < -0.39 is 0 Å². The second kappa shape index (κ2) is 7.06. The van der Waals surface area contributed by atoms with Gasteiger partial charge in [-0.15, -0.1) is 0 Å². The zero-order valence-corrected chi connectivity index (χ0v) is 7.25. The third-order valence-electron chi connectivity index (χ3n) is 1.43. The molecule has 0 aliphatic carbocycles. The normalized spacial score (nSPS) is 11.1. The number of nitrogens with one attached hydrogen (secondary N) is 1. The molecule has 0 aliphatic rings. The van der Waals surface area contributed by atoms with Gasteiger partial charge in [0.05, 0.1) is 0 Å². The van der Waals surface area contributed by atoms with Crippen LogP contribution in [0.1, 0.15) is 13.8 Å². The van der Waals surface area contributed by atoms with Crippen molar-refractivity contribution in [2.24, 2.45) is 0 Å². The quantitative estimate of drug-likeness (QED) is 0.473. The lowest BCUT2D eigenvalue weighted by Gasteiger charge is -2.13. The zero-order chi connectivity index (χ0) is 8.53. The first-order valence-corrected chi connectivity index (χ1v) is 3.93. The summed E-state index contributed by atoms with van der Waals surface area (Å²) in [6.07, 6.45) is 8.79. The minimum Gasteiger partial charge on any atom is -0.378 e. The molecule has 0 saturated carbocycles. The van der Waals surface area contributed by atoms with Gasteiger partial charge in [0.2, 0.25) is 0 Å². The lowest BCUT2D eigenvalue weighted by molar-refractivity contribution is 0.419. The number of hydrogen-bond donors (Lipinski definition) is 1. The van der Waals surface area contributed by atoms with Crippen molar-refractivity contribution in [2.75, 3.05) is 13.1 Å². The first kappa shape index (κ1) is 9.95. The van der Waals surface area contributed by atoms with E-state index in [2.05, 4.69) is 18.7 Å². The molecule has 0 amide bonds. The Balaban J connectivity index is 3.69. The van der Waals surface area contributed by atoms with E-state index in [0.717, 1.165) is 13.1 Å². The first-order valence-electron chi connectivity index (χ1n) is 3.93. The van der Waals surface area contributed by atoms with Crippen LogP contribution in [-0.4, -0.2) is 24.2 Å². The van der Waals surface area contributed by atoms with Crippen molar-refractivity contribution >= 4 is 6.21 Å². The fourth-order valence-corrected chi connectivity index (χ4v) is 0.726. The minimum atomic E-state index is 1.03. The van der Waals surface area contributed by atoms with Gasteiger partial charge in [-0.1, -0.05) is 6.08 Å². The Kier molecular flexibility index (Phi) is 6.39. The molecule has 0 aromatic rings. The monoisotopic (exact) mass is 152 g/mol. The van der Waals surface area contributed by atoms with Crippen molar-refractivity contribution in [3.63, 3.8) is 0 Å². The van der Waals surface area contributed by atoms with Gasteiger partial charge in [0.25, 0.3) is 0 Å². The highest BCUT2D eigenvalue weighted by atomic mass is 15.1. The van der Waals surface area contributed by atoms with E-state index in [-0.39, 0.29) is 0 Å². The molecule has 0 heterocycles. The van der Waals surface area contributed by atoms with Gasteiger partial charge >= 0.3 is 0 Å². The molecule has 1 N–H and O–H groups in total. The Morgan fingerprint density at radius 2 is 1.73 bits per heavy atom. The van der Waals surface area contributed by atoms with Crippen molar-refractivity contribution in [1.82, 2.24) is 4.90 Å². The number of allylic oxidation sites excluding steroid dienone is 3. The zero-order valence-electron chi connectivity index (χ0n) is 7.25. The SMILES string of the molecule is CCN(/C=C/C=C/C=N)CC. The van der Waals surface area contributed by atoms with Crippen molar-refractivity contribution in [1.29, 1.82) is 5.41 Å². The molecule has 0 unspecified atom stereocenters. The molecule has 2 nitrogen and oxygen atoms in total. The van der Waals surface area contributed by atoms with E-state index in [1.807, 2.05) is 18.4 Å². The summed E-state index contributed by atoms with van der Waals surface area (Å²) >= 11 is 0. The molecule has 11 heavy (non-hydrogen) atoms. The highest BCUT2D eigenvalue weighted by Crippen LogP contribution is 1.87. The summed E-state index contributed by atoms with van der Waals surface area (Å²) in [5.41, 5.74) is 0. The third-order valence-corrected chi connectivity index (χ3v) is 1.43. The smallest absolute Gasteiger partial charge is 0.0177 e. The van der Waals surface area contributed by atoms with Crippen molar-refractivity contribution in [3.05, 3.63) is 24.4 Å². The molecule has 0 aromatic carbocycles. The van der Waals surface area contributed by atoms with Crippen LogP contribution in [0.15, 0.2) is 24.4 Å². The van der Waals surface area contributed by atoms with Crippen LogP contribution < -0.4 is 0 Å². The van der Waals surface area contributed by atoms with Gasteiger partial charge in [-0.3, -0.25) is 0 Å². The van der Waals surface area contributed by atoms with Crippen molar-refractivity contribution < 1.29 is 0 Å². The van der Waals surface area contributed by atoms with Crippen LogP contribution in [0.2, 0.25) is 0 Å². The molecule has 0 spiro atoms. The summed E-state index contributed by atoms with van der Waals surface area (Å²) in [7, 11) is 0. The Labute approximate surface area is 68.7 Å². The largest absolute Gasteiger partial charge is 0.378 e. The molecule has 0 fully saturated rings. The maximum absolute atomic E-state index is 6.72. The second-order valence-corrected chi connectivity index (χ2v) is 2.11. The van der Waals surface area contributed by atoms with Gasteiger partial charge in [-0.25, -0.2) is 0 Å². The van der Waals surface area contributed by atoms with Gasteiger partial charge < -0.3 is 10.3 Å². The van der Waals surface area contributed by atoms with Crippen molar-refractivity contribution in [3.8, 4) is 0 Å². The van der Waals surface area contributed by atoms with E-state index in [1.165, 1.54) is 6.21 Å². The highest BCUT2D eigenvalue weighted by Gasteiger charge is 1.85. The maximum atomic E-state index is 6.72. The molecule has 0 atom stereocenters. The summed E-state index contributed by atoms with van der Waals surface area (Å²) in [6, 6.07) is 0. The number of hydrogen-bond acceptors (Lipinski definition) is 2. The molecule has 0 radical (unpaired) electrons. The summed E-state index contributed by atoms with van der Waals surface area (Å²) in [6.45, 7) is 6.30. The molecule has 0 aromatic heterocycles. The molecule has 0 bridgehead atoms. The Morgan fingerprint density at radius 1 is 1.09 bits per heavy atom. The van der Waals surface area contributed by atoms with Crippen LogP contribution in [0, 0.1) is 5.41 Å². The fourth-order valence-electron chi connectivity index (χ4n) is 0.726. The summed E-state index contributed by atoms with van der Waals surface area (Å²) < 4.78 is 0. The lowest BCUT2D eigenvalue weighted by Crippen LogP contribution is -2.14. The predicted octanol–water partition coefficient (Wildman–Crippen LogP) is 2.05. The Bertz CT molecular complexity index is 144. The molecule has 0 rings (SSSR count). The van der Waals surface area contributed by atoms with E-state index in [0.29, 0.717) is 0 Å². The van der Waals surface area contributed by atoms with Gasteiger partial charge in [0, 0.05) is 19.3 Å². The van der Waals surface area contributed by atoms with Crippen LogP contribution in [-0.2, 0) is 0 Å². The van der Waals surface area contributed by atoms with Crippen molar-refractivity contribution in [2.45, 2.75) is 13.8 Å². The highest BCUT2D eigenvalue weighted by molar-refractivity contribution is 5.67. The van der Waals surface area contributed by atoms with E-state index in [9.17, 15) is 0 Å². The Morgan fingerprint density at radius 3 is 2.18 bits per heavy atom. The predicted molar refractivity (Wildman–Crippen MR) is 50.0 cm³/mol. The van der Waals surface area contributed by atoms with E-state index >= 15 is 0 Å². The van der Waals surface area contributed by atoms with E-state index in [1.54, 1.807) is 6.08 Å². The van der Waals surface area contributed by atoms with Gasteiger partial charge in [-0.2, -0.15) is 0 Å². The average Bonchev–Trinajstić information content (AvgIpc) is 2.05. The topological polar surface area (TPSA) is 27.1 Å². The molecular weight excluding hydrogens is 136 g/mol. The van der Waals surface area contributed by atoms with Crippen LogP contribution in [0.25, 0.3) is 0 Å². The minimum absolute atomic E-state index is 1.03. The fraction of sp³-hybridized carbons (Fsp3) is 0.444. The standard InChI is InChI=1S/C9H16N2/c1-3-11(4-2)9-7-5-6-8-10/h5-10H,3-4H2,1-2H3/b6-5+,9-7+,10-8?. The van der Waals surface area contributed by atoms with Crippen LogP contribution in [0.3, 0.4) is 0 Å². The second-order valence-electron chi connectivity index (χ2n) is 2.11. The molecular formula is C9H16N2.